The maximum Gasteiger partial charge on any atom is 0.338 e. The van der Waals surface area contributed by atoms with E-state index in [9.17, 15) is 18.0 Å². The third-order valence-electron chi connectivity index (χ3n) is 5.67. The molecule has 0 spiro atoms. The first kappa shape index (κ1) is 21.4. The second-order valence-electron chi connectivity index (χ2n) is 8.67. The molecule has 1 heterocycles. The predicted molar refractivity (Wildman–Crippen MR) is 118 cm³/mol. The first-order chi connectivity index (χ1) is 14.6. The van der Waals surface area contributed by atoms with Crippen molar-refractivity contribution in [2.75, 3.05) is 22.8 Å². The number of carbonyl (C=O) groups excluding carboxylic acids is 2. The van der Waals surface area contributed by atoms with Crippen LogP contribution in [0.4, 0.5) is 11.4 Å². The Kier molecular flexibility index (Phi) is 5.29. The molecule has 31 heavy (non-hydrogen) atoms. The summed E-state index contributed by atoms with van der Waals surface area (Å²) in [5, 5.41) is 0. The summed E-state index contributed by atoms with van der Waals surface area (Å²) in [7, 11) is -3.89. The molecular formula is C23H26N2O5S. The number of fused-ring (bicyclic) bond motifs is 1. The van der Waals surface area contributed by atoms with E-state index in [1.807, 2.05) is 13.8 Å². The Balaban J connectivity index is 1.62. The van der Waals surface area contributed by atoms with Crippen LogP contribution in [0.25, 0.3) is 0 Å². The van der Waals surface area contributed by atoms with Crippen LogP contribution < -0.4 is 9.62 Å². The van der Waals surface area contributed by atoms with E-state index >= 15 is 0 Å². The molecule has 0 radical (unpaired) electrons. The molecule has 0 bridgehead atoms. The summed E-state index contributed by atoms with van der Waals surface area (Å²) in [5.41, 5.74) is 1.81. The monoisotopic (exact) mass is 442 g/mol. The number of anilines is 2. The summed E-state index contributed by atoms with van der Waals surface area (Å²) < 4.78 is 33.6. The van der Waals surface area contributed by atoms with Crippen LogP contribution in [-0.4, -0.2) is 33.4 Å². The van der Waals surface area contributed by atoms with Gasteiger partial charge >= 0.3 is 5.97 Å². The van der Waals surface area contributed by atoms with Crippen molar-refractivity contribution in [3.63, 3.8) is 0 Å². The summed E-state index contributed by atoms with van der Waals surface area (Å²) in [6.07, 6.45) is 1.85. The number of ether oxygens (including phenoxy) is 1. The molecule has 1 aliphatic heterocycles. The smallest absolute Gasteiger partial charge is 0.338 e. The van der Waals surface area contributed by atoms with E-state index in [0.717, 1.165) is 24.1 Å². The topological polar surface area (TPSA) is 92.8 Å². The average Bonchev–Trinajstić information content (AvgIpc) is 3.53. The van der Waals surface area contributed by atoms with Crippen molar-refractivity contribution >= 4 is 33.3 Å². The van der Waals surface area contributed by atoms with Crippen molar-refractivity contribution in [3.8, 4) is 0 Å². The van der Waals surface area contributed by atoms with Crippen LogP contribution in [0.5, 0.6) is 0 Å². The Hall–Kier alpha value is -2.87. The highest BCUT2D eigenvalue weighted by atomic mass is 32.2. The molecule has 164 valence electrons. The van der Waals surface area contributed by atoms with E-state index in [-0.39, 0.29) is 40.0 Å². The van der Waals surface area contributed by atoms with Gasteiger partial charge in [-0.15, -0.1) is 0 Å². The van der Waals surface area contributed by atoms with Crippen molar-refractivity contribution in [1.29, 1.82) is 0 Å². The molecule has 8 heteroatoms. The lowest BCUT2D eigenvalue weighted by Gasteiger charge is -2.20. The number of amides is 1. The fourth-order valence-electron chi connectivity index (χ4n) is 3.91. The van der Waals surface area contributed by atoms with E-state index in [0.29, 0.717) is 6.54 Å². The Morgan fingerprint density at radius 2 is 1.90 bits per heavy atom. The van der Waals surface area contributed by atoms with Gasteiger partial charge in [0.05, 0.1) is 17.1 Å². The minimum atomic E-state index is -3.89. The molecule has 2 aromatic carbocycles. The van der Waals surface area contributed by atoms with E-state index in [2.05, 4.69) is 4.72 Å². The summed E-state index contributed by atoms with van der Waals surface area (Å²) in [5.74, 6) is -0.293. The molecule has 1 saturated carbocycles. The van der Waals surface area contributed by atoms with Crippen LogP contribution in [0.3, 0.4) is 0 Å². The SMILES string of the molecule is CCOC(=O)c1cccc(NS(=O)(=O)c2ccc3c(c2)C(C)(C)CN3C(=O)C2CC2)c1. The number of esters is 1. The molecule has 0 atom stereocenters. The van der Waals surface area contributed by atoms with Gasteiger partial charge in [-0.25, -0.2) is 13.2 Å². The number of rotatable bonds is 6. The highest BCUT2D eigenvalue weighted by molar-refractivity contribution is 7.92. The van der Waals surface area contributed by atoms with Crippen molar-refractivity contribution < 1.29 is 22.7 Å². The number of sulfonamides is 1. The zero-order chi connectivity index (χ0) is 22.4. The Labute approximate surface area is 182 Å². The fourth-order valence-corrected chi connectivity index (χ4v) is 4.99. The number of hydrogen-bond donors (Lipinski definition) is 1. The van der Waals surface area contributed by atoms with Crippen LogP contribution in [0.1, 0.15) is 49.5 Å². The maximum atomic E-state index is 13.0. The van der Waals surface area contributed by atoms with Gasteiger partial charge in [-0.1, -0.05) is 19.9 Å². The second kappa shape index (κ2) is 7.67. The van der Waals surface area contributed by atoms with Gasteiger partial charge in [0.25, 0.3) is 10.0 Å². The molecule has 0 aromatic heterocycles. The van der Waals surface area contributed by atoms with Crippen molar-refractivity contribution in [3.05, 3.63) is 53.6 Å². The quantitative estimate of drug-likeness (QED) is 0.689. The largest absolute Gasteiger partial charge is 0.462 e. The molecule has 1 fully saturated rings. The van der Waals surface area contributed by atoms with Gasteiger partial charge in [0.15, 0.2) is 0 Å². The van der Waals surface area contributed by atoms with E-state index in [4.69, 9.17) is 4.74 Å². The summed E-state index contributed by atoms with van der Waals surface area (Å²) in [4.78, 5) is 26.5. The van der Waals surface area contributed by atoms with Crippen molar-refractivity contribution in [2.45, 2.75) is 43.9 Å². The third kappa shape index (κ3) is 4.17. The predicted octanol–water partition coefficient (Wildman–Crippen LogP) is 3.70. The second-order valence-corrected chi connectivity index (χ2v) is 10.4. The zero-order valence-electron chi connectivity index (χ0n) is 17.8. The third-order valence-corrected chi connectivity index (χ3v) is 7.05. The van der Waals surface area contributed by atoms with Gasteiger partial charge in [-0.2, -0.15) is 0 Å². The molecule has 2 aromatic rings. The maximum absolute atomic E-state index is 13.0. The molecule has 1 amide bonds. The summed E-state index contributed by atoms with van der Waals surface area (Å²) in [6, 6.07) is 11.1. The first-order valence-corrected chi connectivity index (χ1v) is 11.9. The Bertz CT molecular complexity index is 1150. The Morgan fingerprint density at radius 1 is 1.16 bits per heavy atom. The number of carbonyl (C=O) groups is 2. The van der Waals surface area contributed by atoms with E-state index in [1.54, 1.807) is 42.2 Å². The number of benzene rings is 2. The lowest BCUT2D eigenvalue weighted by atomic mass is 9.87. The molecule has 2 aliphatic rings. The minimum Gasteiger partial charge on any atom is -0.462 e. The normalized spacial score (nSPS) is 17.2. The van der Waals surface area contributed by atoms with Crippen molar-refractivity contribution in [1.82, 2.24) is 0 Å². The van der Waals surface area contributed by atoms with E-state index < -0.39 is 16.0 Å². The van der Waals surface area contributed by atoms with Gasteiger partial charge in [-0.05, 0) is 61.7 Å². The standard InChI is InChI=1S/C23H26N2O5S/c1-4-30-22(27)16-6-5-7-17(12-16)24-31(28,29)18-10-11-20-19(13-18)23(2,3)14-25(20)21(26)15-8-9-15/h5-7,10-13,15,24H,4,8-9,14H2,1-3H3. The minimum absolute atomic E-state index is 0.0958. The first-order valence-electron chi connectivity index (χ1n) is 10.4. The molecular weight excluding hydrogens is 416 g/mol. The van der Waals surface area contributed by atoms with Crippen LogP contribution in [-0.2, 0) is 25.0 Å². The van der Waals surface area contributed by atoms with Crippen LogP contribution >= 0.6 is 0 Å². The van der Waals surface area contributed by atoms with Gasteiger partial charge in [-0.3, -0.25) is 9.52 Å². The molecule has 4 rings (SSSR count). The zero-order valence-corrected chi connectivity index (χ0v) is 18.7. The molecule has 1 aliphatic carbocycles. The lowest BCUT2D eigenvalue weighted by Crippen LogP contribution is -2.34. The molecule has 7 nitrogen and oxygen atoms in total. The summed E-state index contributed by atoms with van der Waals surface area (Å²) in [6.45, 7) is 6.51. The van der Waals surface area contributed by atoms with Gasteiger partial charge in [0.1, 0.15) is 0 Å². The fraction of sp³-hybridized carbons (Fsp3) is 0.391. The molecule has 0 saturated heterocycles. The van der Waals surface area contributed by atoms with Gasteiger partial charge in [0, 0.05) is 29.3 Å². The summed E-state index contributed by atoms with van der Waals surface area (Å²) >= 11 is 0. The number of nitrogens with one attached hydrogen (secondary N) is 1. The highest BCUT2D eigenvalue weighted by Gasteiger charge is 2.43. The van der Waals surface area contributed by atoms with Crippen LogP contribution in [0.2, 0.25) is 0 Å². The van der Waals surface area contributed by atoms with Gasteiger partial charge in [0.2, 0.25) is 5.91 Å². The van der Waals surface area contributed by atoms with E-state index in [1.165, 1.54) is 12.1 Å². The van der Waals surface area contributed by atoms with Crippen molar-refractivity contribution in [2.24, 2.45) is 5.92 Å². The van der Waals surface area contributed by atoms with Crippen LogP contribution in [0.15, 0.2) is 47.4 Å². The lowest BCUT2D eigenvalue weighted by molar-refractivity contribution is -0.119. The Morgan fingerprint density at radius 3 is 2.58 bits per heavy atom. The highest BCUT2D eigenvalue weighted by Crippen LogP contribution is 2.44. The average molecular weight is 443 g/mol. The van der Waals surface area contributed by atoms with Crippen LogP contribution in [0, 0.1) is 5.92 Å². The van der Waals surface area contributed by atoms with Gasteiger partial charge < -0.3 is 9.64 Å². The number of nitrogens with zero attached hydrogens (tertiary/aromatic N) is 1. The molecule has 0 unspecified atom stereocenters. The number of hydrogen-bond acceptors (Lipinski definition) is 5. The molecule has 1 N–H and O–H groups in total.